The quantitative estimate of drug-likeness (QED) is 0.831. The van der Waals surface area contributed by atoms with Crippen molar-refractivity contribution in [2.75, 3.05) is 31.1 Å². The summed E-state index contributed by atoms with van der Waals surface area (Å²) in [5.41, 5.74) is 0.947. The van der Waals surface area contributed by atoms with Crippen LogP contribution in [0.15, 0.2) is 30.9 Å². The molecule has 0 aliphatic carbocycles. The summed E-state index contributed by atoms with van der Waals surface area (Å²) in [4.78, 5) is 16.1. The Morgan fingerprint density at radius 2 is 2.17 bits per heavy atom. The smallest absolute Gasteiger partial charge is 0.227 e. The van der Waals surface area contributed by atoms with Gasteiger partial charge in [0.05, 0.1) is 24.5 Å². The molecule has 7 nitrogen and oxygen atoms in total. The molecule has 2 aliphatic rings. The second-order valence-corrected chi connectivity index (χ2v) is 6.34. The molecule has 2 aromatic heterocycles. The Labute approximate surface area is 135 Å². The topological polar surface area (TPSA) is 59.2 Å². The van der Waals surface area contributed by atoms with Crippen molar-refractivity contribution in [1.82, 2.24) is 24.5 Å². The predicted octanol–water partition coefficient (Wildman–Crippen LogP) is 1.15. The van der Waals surface area contributed by atoms with Crippen LogP contribution in [0, 0.1) is 0 Å². The molecule has 0 saturated carbocycles. The Morgan fingerprint density at radius 3 is 2.96 bits per heavy atom. The number of amides is 1. The molecular weight excluding hydrogens is 292 g/mol. The Kier molecular flexibility index (Phi) is 3.87. The highest BCUT2D eigenvalue weighted by molar-refractivity contribution is 5.95. The summed E-state index contributed by atoms with van der Waals surface area (Å²) < 4.78 is 4.01. The fourth-order valence-electron chi connectivity index (χ4n) is 3.50. The van der Waals surface area contributed by atoms with Crippen LogP contribution in [-0.2, 0) is 11.3 Å². The molecule has 2 saturated heterocycles. The first-order chi connectivity index (χ1) is 11.3. The zero-order valence-corrected chi connectivity index (χ0v) is 13.2. The van der Waals surface area contributed by atoms with Gasteiger partial charge < -0.3 is 4.90 Å². The standard InChI is InChI=1S/C16H22N6O/c23-16-3-1-7-21(16)15-11-18-22(13-15)14-4-8-19(12-14)9-10-20-6-2-5-17-20/h2,5-6,11,13-14H,1,3-4,7-10,12H2. The third kappa shape index (κ3) is 3.01. The van der Waals surface area contributed by atoms with Crippen molar-refractivity contribution in [3.8, 4) is 0 Å². The molecule has 1 amide bonds. The minimum atomic E-state index is 0.219. The molecule has 0 aromatic carbocycles. The average Bonchev–Trinajstić information content (AvgIpc) is 3.32. The first-order valence-corrected chi connectivity index (χ1v) is 8.34. The van der Waals surface area contributed by atoms with E-state index in [0.29, 0.717) is 12.5 Å². The largest absolute Gasteiger partial charge is 0.309 e. The van der Waals surface area contributed by atoms with Gasteiger partial charge in [0.25, 0.3) is 0 Å². The summed E-state index contributed by atoms with van der Waals surface area (Å²) in [5, 5.41) is 8.74. The lowest BCUT2D eigenvalue weighted by molar-refractivity contribution is -0.117. The van der Waals surface area contributed by atoms with E-state index < -0.39 is 0 Å². The number of rotatable bonds is 5. The van der Waals surface area contributed by atoms with Crippen molar-refractivity contribution in [3.05, 3.63) is 30.9 Å². The lowest BCUT2D eigenvalue weighted by Crippen LogP contribution is -2.26. The van der Waals surface area contributed by atoms with E-state index in [-0.39, 0.29) is 5.91 Å². The molecule has 1 atom stereocenters. The summed E-state index contributed by atoms with van der Waals surface area (Å²) >= 11 is 0. The molecule has 7 heteroatoms. The van der Waals surface area contributed by atoms with Gasteiger partial charge >= 0.3 is 0 Å². The van der Waals surface area contributed by atoms with Gasteiger partial charge in [0.15, 0.2) is 0 Å². The van der Waals surface area contributed by atoms with Crippen molar-refractivity contribution in [3.63, 3.8) is 0 Å². The Bertz CT molecular complexity index is 664. The maximum atomic E-state index is 11.8. The maximum Gasteiger partial charge on any atom is 0.227 e. The van der Waals surface area contributed by atoms with Crippen molar-refractivity contribution < 1.29 is 4.79 Å². The summed E-state index contributed by atoms with van der Waals surface area (Å²) in [5.74, 6) is 0.219. The van der Waals surface area contributed by atoms with Crippen molar-refractivity contribution in [1.29, 1.82) is 0 Å². The van der Waals surface area contributed by atoms with Gasteiger partial charge in [-0.1, -0.05) is 0 Å². The van der Waals surface area contributed by atoms with E-state index in [1.54, 1.807) is 0 Å². The number of likely N-dealkylation sites (tertiary alicyclic amines) is 1. The van der Waals surface area contributed by atoms with Crippen LogP contribution in [0.5, 0.6) is 0 Å². The fourth-order valence-corrected chi connectivity index (χ4v) is 3.50. The van der Waals surface area contributed by atoms with Gasteiger partial charge in [-0.15, -0.1) is 0 Å². The van der Waals surface area contributed by atoms with Gasteiger partial charge in [-0.05, 0) is 18.9 Å². The number of carbonyl (C=O) groups excluding carboxylic acids is 1. The van der Waals surface area contributed by atoms with E-state index in [0.717, 1.165) is 51.3 Å². The molecule has 4 heterocycles. The molecular formula is C16H22N6O. The van der Waals surface area contributed by atoms with E-state index in [2.05, 4.69) is 15.1 Å². The molecule has 4 rings (SSSR count). The minimum absolute atomic E-state index is 0.219. The van der Waals surface area contributed by atoms with Gasteiger partial charge in [0.2, 0.25) is 5.91 Å². The van der Waals surface area contributed by atoms with E-state index in [9.17, 15) is 4.79 Å². The van der Waals surface area contributed by atoms with Crippen LogP contribution >= 0.6 is 0 Å². The van der Waals surface area contributed by atoms with E-state index in [1.807, 2.05) is 45.1 Å². The van der Waals surface area contributed by atoms with Crippen LogP contribution in [0.2, 0.25) is 0 Å². The average molecular weight is 314 g/mol. The second kappa shape index (κ2) is 6.16. The van der Waals surface area contributed by atoms with Crippen LogP contribution < -0.4 is 4.90 Å². The number of nitrogens with zero attached hydrogens (tertiary/aromatic N) is 6. The van der Waals surface area contributed by atoms with Gasteiger partial charge in [0, 0.05) is 51.2 Å². The lowest BCUT2D eigenvalue weighted by Gasteiger charge is -2.16. The summed E-state index contributed by atoms with van der Waals surface area (Å²) in [6.45, 7) is 4.86. The number of aromatic nitrogens is 4. The molecule has 1 unspecified atom stereocenters. The Morgan fingerprint density at radius 1 is 1.22 bits per heavy atom. The Hall–Kier alpha value is -2.15. The fraction of sp³-hybridized carbons (Fsp3) is 0.562. The predicted molar refractivity (Wildman–Crippen MR) is 86.1 cm³/mol. The minimum Gasteiger partial charge on any atom is -0.309 e. The number of anilines is 1. The first kappa shape index (κ1) is 14.4. The zero-order valence-electron chi connectivity index (χ0n) is 13.2. The van der Waals surface area contributed by atoms with Crippen molar-refractivity contribution >= 4 is 11.6 Å². The monoisotopic (exact) mass is 314 g/mol. The highest BCUT2D eigenvalue weighted by atomic mass is 16.2. The van der Waals surface area contributed by atoms with Crippen LogP contribution in [0.1, 0.15) is 25.3 Å². The van der Waals surface area contributed by atoms with Crippen LogP contribution in [0.3, 0.4) is 0 Å². The lowest BCUT2D eigenvalue weighted by atomic mass is 10.3. The summed E-state index contributed by atoms with van der Waals surface area (Å²) in [6.07, 6.45) is 10.4. The van der Waals surface area contributed by atoms with Gasteiger partial charge in [-0.25, -0.2) is 0 Å². The molecule has 2 aliphatic heterocycles. The van der Waals surface area contributed by atoms with Crippen molar-refractivity contribution in [2.45, 2.75) is 31.8 Å². The third-order valence-electron chi connectivity index (χ3n) is 4.80. The molecule has 0 bridgehead atoms. The SMILES string of the molecule is O=C1CCCN1c1cnn(C2CCN(CCn3cccn3)C2)c1. The second-order valence-electron chi connectivity index (χ2n) is 6.34. The molecule has 2 fully saturated rings. The number of carbonyl (C=O) groups is 1. The zero-order chi connectivity index (χ0) is 15.6. The molecule has 122 valence electrons. The third-order valence-corrected chi connectivity index (χ3v) is 4.80. The normalized spacial score (nSPS) is 22.3. The van der Waals surface area contributed by atoms with E-state index in [1.165, 1.54) is 0 Å². The summed E-state index contributed by atoms with van der Waals surface area (Å²) in [7, 11) is 0. The van der Waals surface area contributed by atoms with E-state index >= 15 is 0 Å². The first-order valence-electron chi connectivity index (χ1n) is 8.34. The van der Waals surface area contributed by atoms with Crippen LogP contribution in [0.25, 0.3) is 0 Å². The van der Waals surface area contributed by atoms with E-state index in [4.69, 9.17) is 0 Å². The molecule has 23 heavy (non-hydrogen) atoms. The number of hydrogen-bond donors (Lipinski definition) is 0. The highest BCUT2D eigenvalue weighted by Gasteiger charge is 2.27. The van der Waals surface area contributed by atoms with Gasteiger partial charge in [-0.3, -0.25) is 19.1 Å². The van der Waals surface area contributed by atoms with Gasteiger partial charge in [0.1, 0.15) is 0 Å². The molecule has 0 radical (unpaired) electrons. The summed E-state index contributed by atoms with van der Waals surface area (Å²) in [6, 6.07) is 2.36. The van der Waals surface area contributed by atoms with Crippen LogP contribution in [-0.4, -0.2) is 56.5 Å². The van der Waals surface area contributed by atoms with Gasteiger partial charge in [-0.2, -0.15) is 10.2 Å². The highest BCUT2D eigenvalue weighted by Crippen LogP contribution is 2.25. The number of hydrogen-bond acceptors (Lipinski definition) is 4. The maximum absolute atomic E-state index is 11.8. The molecule has 0 spiro atoms. The Balaban J connectivity index is 1.34. The molecule has 0 N–H and O–H groups in total. The van der Waals surface area contributed by atoms with Crippen LogP contribution in [0.4, 0.5) is 5.69 Å². The van der Waals surface area contributed by atoms with Crippen molar-refractivity contribution in [2.24, 2.45) is 0 Å². The molecule has 2 aromatic rings.